The lowest BCUT2D eigenvalue weighted by Gasteiger charge is -2.23. The number of amides is 1. The number of likely N-dealkylation sites (tertiary alicyclic amines) is 1. The molecule has 1 unspecified atom stereocenters. The molecular weight excluding hydrogens is 233 g/mol. The van der Waals surface area contributed by atoms with Crippen LogP contribution in [0, 0.1) is 5.82 Å². The van der Waals surface area contributed by atoms with Gasteiger partial charge in [0.05, 0.1) is 11.5 Å². The van der Waals surface area contributed by atoms with Crippen molar-refractivity contribution in [3.05, 3.63) is 35.6 Å². The minimum atomic E-state index is -0.447. The summed E-state index contributed by atoms with van der Waals surface area (Å²) < 4.78 is 12.9. The van der Waals surface area contributed by atoms with Crippen LogP contribution >= 0.6 is 0 Å². The van der Waals surface area contributed by atoms with E-state index in [-0.39, 0.29) is 11.7 Å². The Kier molecular flexibility index (Phi) is 2.63. The van der Waals surface area contributed by atoms with Gasteiger partial charge in [0.25, 0.3) is 0 Å². The SMILES string of the molecule is O=C(N1CCC(O)C1)C1(c2ccc(F)cc2)CC1. The summed E-state index contributed by atoms with van der Waals surface area (Å²) in [5.41, 5.74) is 0.452. The van der Waals surface area contributed by atoms with Crippen molar-refractivity contribution in [3.8, 4) is 0 Å². The molecule has 3 nitrogen and oxygen atoms in total. The maximum Gasteiger partial charge on any atom is 0.233 e. The van der Waals surface area contributed by atoms with Crippen LogP contribution < -0.4 is 0 Å². The van der Waals surface area contributed by atoms with E-state index in [1.807, 2.05) is 0 Å². The van der Waals surface area contributed by atoms with E-state index in [0.29, 0.717) is 19.5 Å². The number of β-amino-alcohol motifs (C(OH)–C–C–N with tert-alkyl or cyclic N) is 1. The standard InChI is InChI=1S/C14H16FNO2/c15-11-3-1-10(2-4-11)14(6-7-14)13(18)16-8-5-12(17)9-16/h1-4,12,17H,5-9H2. The normalized spacial score (nSPS) is 25.2. The Balaban J connectivity index is 1.82. The molecule has 1 aliphatic heterocycles. The summed E-state index contributed by atoms with van der Waals surface area (Å²) in [6.07, 6.45) is 1.91. The lowest BCUT2D eigenvalue weighted by atomic mass is 9.94. The number of carbonyl (C=O) groups excluding carboxylic acids is 1. The van der Waals surface area contributed by atoms with Crippen molar-refractivity contribution < 1.29 is 14.3 Å². The Hall–Kier alpha value is -1.42. The van der Waals surface area contributed by atoms with Gasteiger partial charge in [-0.25, -0.2) is 4.39 Å². The largest absolute Gasteiger partial charge is 0.391 e. The van der Waals surface area contributed by atoms with Crippen LogP contribution in [0.1, 0.15) is 24.8 Å². The highest BCUT2D eigenvalue weighted by atomic mass is 19.1. The summed E-state index contributed by atoms with van der Waals surface area (Å²) in [6, 6.07) is 6.21. The molecule has 0 radical (unpaired) electrons. The van der Waals surface area contributed by atoms with E-state index in [9.17, 15) is 14.3 Å². The minimum absolute atomic E-state index is 0.0886. The highest BCUT2D eigenvalue weighted by molar-refractivity contribution is 5.91. The number of hydrogen-bond donors (Lipinski definition) is 1. The lowest BCUT2D eigenvalue weighted by Crippen LogP contribution is -2.38. The first-order valence-electron chi connectivity index (χ1n) is 6.35. The highest BCUT2D eigenvalue weighted by Crippen LogP contribution is 2.49. The third-order valence-electron chi connectivity index (χ3n) is 4.01. The molecule has 1 atom stereocenters. The topological polar surface area (TPSA) is 40.5 Å². The van der Waals surface area contributed by atoms with Crippen LogP contribution in [0.15, 0.2) is 24.3 Å². The van der Waals surface area contributed by atoms with Crippen LogP contribution in [0.25, 0.3) is 0 Å². The van der Waals surface area contributed by atoms with Crippen molar-refractivity contribution in [3.63, 3.8) is 0 Å². The van der Waals surface area contributed by atoms with E-state index in [4.69, 9.17) is 0 Å². The Morgan fingerprint density at radius 2 is 2.00 bits per heavy atom. The quantitative estimate of drug-likeness (QED) is 0.861. The summed E-state index contributed by atoms with van der Waals surface area (Å²) in [5, 5.41) is 9.50. The van der Waals surface area contributed by atoms with Crippen LogP contribution in [0.2, 0.25) is 0 Å². The van der Waals surface area contributed by atoms with Crippen LogP contribution in [0.3, 0.4) is 0 Å². The Morgan fingerprint density at radius 3 is 2.50 bits per heavy atom. The monoisotopic (exact) mass is 249 g/mol. The zero-order chi connectivity index (χ0) is 12.8. The van der Waals surface area contributed by atoms with Crippen molar-refractivity contribution in [2.75, 3.05) is 13.1 Å². The van der Waals surface area contributed by atoms with Crippen molar-refractivity contribution in [1.29, 1.82) is 0 Å². The van der Waals surface area contributed by atoms with Crippen molar-refractivity contribution in [2.24, 2.45) is 0 Å². The first kappa shape index (κ1) is 11.7. The number of benzene rings is 1. The smallest absolute Gasteiger partial charge is 0.233 e. The molecule has 0 aromatic heterocycles. The fraction of sp³-hybridized carbons (Fsp3) is 0.500. The van der Waals surface area contributed by atoms with Gasteiger partial charge in [-0.15, -0.1) is 0 Å². The first-order chi connectivity index (χ1) is 8.62. The summed E-state index contributed by atoms with van der Waals surface area (Å²) in [5.74, 6) is -0.191. The van der Waals surface area contributed by atoms with Crippen LogP contribution in [-0.4, -0.2) is 35.1 Å². The van der Waals surface area contributed by atoms with Gasteiger partial charge in [0, 0.05) is 13.1 Å². The van der Waals surface area contributed by atoms with Gasteiger partial charge in [-0.05, 0) is 37.0 Å². The van der Waals surface area contributed by atoms with Crippen molar-refractivity contribution in [1.82, 2.24) is 4.90 Å². The molecule has 2 aliphatic rings. The molecule has 1 saturated carbocycles. The van der Waals surface area contributed by atoms with E-state index in [0.717, 1.165) is 18.4 Å². The number of carbonyl (C=O) groups is 1. The molecule has 96 valence electrons. The average molecular weight is 249 g/mol. The Bertz CT molecular complexity index is 467. The predicted molar refractivity (Wildman–Crippen MR) is 64.5 cm³/mol. The fourth-order valence-corrected chi connectivity index (χ4v) is 2.75. The van der Waals surface area contributed by atoms with Gasteiger partial charge in [0.2, 0.25) is 5.91 Å². The third-order valence-corrected chi connectivity index (χ3v) is 4.01. The molecule has 1 aliphatic carbocycles. The average Bonchev–Trinajstić information content (AvgIpc) is 3.06. The second-order valence-corrected chi connectivity index (χ2v) is 5.28. The van der Waals surface area contributed by atoms with Crippen LogP contribution in [-0.2, 0) is 10.2 Å². The maximum atomic E-state index is 12.9. The summed E-state index contributed by atoms with van der Waals surface area (Å²) in [6.45, 7) is 1.06. The molecule has 1 saturated heterocycles. The van der Waals surface area contributed by atoms with Gasteiger partial charge in [-0.2, -0.15) is 0 Å². The number of hydrogen-bond acceptors (Lipinski definition) is 2. The van der Waals surface area contributed by atoms with E-state index >= 15 is 0 Å². The molecule has 4 heteroatoms. The molecule has 0 bridgehead atoms. The lowest BCUT2D eigenvalue weighted by molar-refractivity contribution is -0.133. The molecule has 0 spiro atoms. The zero-order valence-corrected chi connectivity index (χ0v) is 10.1. The number of nitrogens with zero attached hydrogens (tertiary/aromatic N) is 1. The van der Waals surface area contributed by atoms with Gasteiger partial charge >= 0.3 is 0 Å². The van der Waals surface area contributed by atoms with E-state index in [1.54, 1.807) is 17.0 Å². The van der Waals surface area contributed by atoms with E-state index < -0.39 is 11.5 Å². The van der Waals surface area contributed by atoms with Crippen molar-refractivity contribution in [2.45, 2.75) is 30.8 Å². The van der Waals surface area contributed by atoms with Gasteiger partial charge in [-0.1, -0.05) is 12.1 Å². The Labute approximate surface area is 105 Å². The molecule has 1 N–H and O–H groups in total. The minimum Gasteiger partial charge on any atom is -0.391 e. The third kappa shape index (κ3) is 1.81. The molecule has 18 heavy (non-hydrogen) atoms. The molecular formula is C14H16FNO2. The second kappa shape index (κ2) is 4.05. The highest BCUT2D eigenvalue weighted by Gasteiger charge is 2.53. The Morgan fingerprint density at radius 1 is 1.33 bits per heavy atom. The van der Waals surface area contributed by atoms with Gasteiger partial charge < -0.3 is 10.0 Å². The number of halogens is 1. The number of rotatable bonds is 2. The summed E-state index contributed by atoms with van der Waals surface area (Å²) in [4.78, 5) is 14.2. The van der Waals surface area contributed by atoms with Crippen LogP contribution in [0.4, 0.5) is 4.39 Å². The molecule has 1 aromatic rings. The first-order valence-corrected chi connectivity index (χ1v) is 6.35. The maximum absolute atomic E-state index is 12.9. The molecule has 1 amide bonds. The van der Waals surface area contributed by atoms with E-state index in [1.165, 1.54) is 12.1 Å². The van der Waals surface area contributed by atoms with E-state index in [2.05, 4.69) is 0 Å². The summed E-state index contributed by atoms with van der Waals surface area (Å²) in [7, 11) is 0. The van der Waals surface area contributed by atoms with Gasteiger partial charge in [0.15, 0.2) is 0 Å². The zero-order valence-electron chi connectivity index (χ0n) is 10.1. The number of aliphatic hydroxyl groups is 1. The molecule has 3 rings (SSSR count). The van der Waals surface area contributed by atoms with Gasteiger partial charge in [0.1, 0.15) is 5.82 Å². The predicted octanol–water partition coefficient (Wildman–Crippen LogP) is 1.45. The molecule has 2 fully saturated rings. The molecule has 1 aromatic carbocycles. The fourth-order valence-electron chi connectivity index (χ4n) is 2.75. The number of aliphatic hydroxyl groups excluding tert-OH is 1. The van der Waals surface area contributed by atoms with Crippen molar-refractivity contribution >= 4 is 5.91 Å². The van der Waals surface area contributed by atoms with Gasteiger partial charge in [-0.3, -0.25) is 4.79 Å². The van der Waals surface area contributed by atoms with Crippen LogP contribution in [0.5, 0.6) is 0 Å². The second-order valence-electron chi connectivity index (χ2n) is 5.28. The summed E-state index contributed by atoms with van der Waals surface area (Å²) >= 11 is 0. The molecule has 1 heterocycles.